The first-order valence-electron chi connectivity index (χ1n) is 21.3. The molecule has 0 saturated carbocycles. The minimum Gasteiger partial charge on any atom is -0.393 e. The molecule has 0 aromatic carbocycles. The summed E-state index contributed by atoms with van der Waals surface area (Å²) in [6.45, 7) is 8.46. The minimum atomic E-state index is -0.785. The quantitative estimate of drug-likeness (QED) is 0.0566. The van der Waals surface area contributed by atoms with Gasteiger partial charge in [0.25, 0.3) is 0 Å². The highest BCUT2D eigenvalue weighted by Crippen LogP contribution is 2.17. The van der Waals surface area contributed by atoms with Crippen LogP contribution in [0.3, 0.4) is 0 Å². The van der Waals surface area contributed by atoms with Gasteiger partial charge in [-0.1, -0.05) is 181 Å². The topological polar surface area (TPSA) is 89.9 Å². The number of nitrogens with one attached hydrogen (secondary N) is 1. The number of hydrogen-bond donors (Lipinski definition) is 3. The van der Waals surface area contributed by atoms with E-state index >= 15 is 0 Å². The molecular weight excluding hydrogens is 596 g/mol. The lowest BCUT2D eigenvalue weighted by Gasteiger charge is -2.24. The van der Waals surface area contributed by atoms with E-state index in [9.17, 15) is 19.8 Å². The summed E-state index contributed by atoms with van der Waals surface area (Å²) in [5, 5.41) is 23.2. The number of rotatable bonds is 38. The van der Waals surface area contributed by atoms with Crippen molar-refractivity contribution in [1.29, 1.82) is 0 Å². The molecule has 3 N–H and O–H groups in total. The monoisotopic (exact) mass is 681 g/mol. The zero-order valence-electron chi connectivity index (χ0n) is 32.6. The van der Waals surface area contributed by atoms with Gasteiger partial charge in [-0.3, -0.25) is 9.59 Å². The Kier molecular flexibility index (Phi) is 36.2. The van der Waals surface area contributed by atoms with Crippen LogP contribution in [0.15, 0.2) is 0 Å². The van der Waals surface area contributed by atoms with Crippen molar-refractivity contribution in [3.63, 3.8) is 0 Å². The van der Waals surface area contributed by atoms with Crippen molar-refractivity contribution in [3.8, 4) is 0 Å². The molecule has 0 aliphatic carbocycles. The van der Waals surface area contributed by atoms with Crippen LogP contribution >= 0.6 is 0 Å². The molecular formula is C42H84N2O4. The van der Waals surface area contributed by atoms with Crippen molar-refractivity contribution >= 4 is 11.8 Å². The average Bonchev–Trinajstić information content (AvgIpc) is 3.07. The zero-order chi connectivity index (χ0) is 35.3. The summed E-state index contributed by atoms with van der Waals surface area (Å²) >= 11 is 0. The van der Waals surface area contributed by atoms with Crippen LogP contribution < -0.4 is 5.32 Å². The Labute approximate surface area is 299 Å². The Morgan fingerprint density at radius 1 is 0.458 bits per heavy atom. The standard InChI is InChI=1S/C42H84N2O4/c1-4-7-8-9-10-11-12-13-14-15-16-17-18-19-20-21-22-23-24-25-26-27-28-29-30-31-36-44(35-6-3)42(48)38-40(46)33-32-39(45)37-41(47)43-34-5-2/h39-40,45-46H,4-38H2,1-3H3,(H,43,47). The molecule has 0 rings (SSSR count). The molecule has 0 spiro atoms. The SMILES string of the molecule is CCCCCCCCCCCCCCCCCCCCCCCCCCCCN(CCC)C(=O)CC(O)CCC(O)CC(=O)NCCC. The molecule has 0 aliphatic rings. The fourth-order valence-corrected chi connectivity index (χ4v) is 6.72. The smallest absolute Gasteiger partial charge is 0.225 e. The Balaban J connectivity index is 3.56. The normalized spacial score (nSPS) is 12.7. The summed E-state index contributed by atoms with van der Waals surface area (Å²) in [4.78, 5) is 26.4. The Morgan fingerprint density at radius 2 is 0.812 bits per heavy atom. The van der Waals surface area contributed by atoms with Gasteiger partial charge in [0.1, 0.15) is 0 Å². The number of aliphatic hydroxyl groups is 2. The lowest BCUT2D eigenvalue weighted by molar-refractivity contribution is -0.133. The number of aliphatic hydroxyl groups excluding tert-OH is 2. The van der Waals surface area contributed by atoms with Crippen LogP contribution in [0.2, 0.25) is 0 Å². The summed E-state index contributed by atoms with van der Waals surface area (Å²) in [5.74, 6) is -0.168. The second-order valence-electron chi connectivity index (χ2n) is 14.9. The Bertz CT molecular complexity index is 689. The molecule has 6 heteroatoms. The fraction of sp³-hybridized carbons (Fsp3) is 0.952. The van der Waals surface area contributed by atoms with E-state index in [2.05, 4.69) is 19.2 Å². The van der Waals surface area contributed by atoms with Crippen LogP contribution in [-0.2, 0) is 9.59 Å². The van der Waals surface area contributed by atoms with Gasteiger partial charge in [0.15, 0.2) is 0 Å². The van der Waals surface area contributed by atoms with Crippen LogP contribution in [0.5, 0.6) is 0 Å². The van der Waals surface area contributed by atoms with Gasteiger partial charge < -0.3 is 20.4 Å². The van der Waals surface area contributed by atoms with Gasteiger partial charge in [0, 0.05) is 19.6 Å². The summed E-state index contributed by atoms with van der Waals surface area (Å²) in [7, 11) is 0. The van der Waals surface area contributed by atoms with Crippen LogP contribution in [0.4, 0.5) is 0 Å². The summed E-state index contributed by atoms with van der Waals surface area (Å²) in [5.41, 5.74) is 0. The number of unbranched alkanes of at least 4 members (excludes halogenated alkanes) is 25. The maximum Gasteiger partial charge on any atom is 0.225 e. The first kappa shape index (κ1) is 46.9. The van der Waals surface area contributed by atoms with E-state index in [0.717, 1.165) is 38.8 Å². The van der Waals surface area contributed by atoms with Gasteiger partial charge in [-0.2, -0.15) is 0 Å². The van der Waals surface area contributed by atoms with Crippen molar-refractivity contribution in [2.24, 2.45) is 0 Å². The van der Waals surface area contributed by atoms with E-state index in [1.807, 2.05) is 11.8 Å². The lowest BCUT2D eigenvalue weighted by Crippen LogP contribution is -2.35. The summed E-state index contributed by atoms with van der Waals surface area (Å²) in [6.07, 6.45) is 37.1. The maximum atomic E-state index is 12.8. The third kappa shape index (κ3) is 33.4. The third-order valence-corrected chi connectivity index (χ3v) is 9.86. The number of nitrogens with zero attached hydrogens (tertiary/aromatic N) is 1. The molecule has 286 valence electrons. The molecule has 0 saturated heterocycles. The van der Waals surface area contributed by atoms with E-state index in [1.54, 1.807) is 0 Å². The molecule has 6 nitrogen and oxygen atoms in total. The van der Waals surface area contributed by atoms with Crippen molar-refractivity contribution in [2.45, 2.75) is 238 Å². The zero-order valence-corrected chi connectivity index (χ0v) is 32.6. The predicted octanol–water partition coefficient (Wildman–Crippen LogP) is 11.2. The van der Waals surface area contributed by atoms with E-state index < -0.39 is 12.2 Å². The Morgan fingerprint density at radius 3 is 1.17 bits per heavy atom. The van der Waals surface area contributed by atoms with Crippen molar-refractivity contribution in [2.75, 3.05) is 19.6 Å². The first-order chi connectivity index (χ1) is 23.4. The molecule has 0 bridgehead atoms. The third-order valence-electron chi connectivity index (χ3n) is 9.86. The van der Waals surface area contributed by atoms with Gasteiger partial charge in [-0.25, -0.2) is 0 Å². The van der Waals surface area contributed by atoms with Gasteiger partial charge >= 0.3 is 0 Å². The maximum absolute atomic E-state index is 12.8. The number of hydrogen-bond acceptors (Lipinski definition) is 4. The predicted molar refractivity (Wildman–Crippen MR) is 206 cm³/mol. The van der Waals surface area contributed by atoms with Gasteiger partial charge in [0.05, 0.1) is 25.0 Å². The van der Waals surface area contributed by atoms with E-state index in [-0.39, 0.29) is 24.7 Å². The number of carbonyl (C=O) groups is 2. The van der Waals surface area contributed by atoms with Crippen molar-refractivity contribution < 1.29 is 19.8 Å². The summed E-state index contributed by atoms with van der Waals surface area (Å²) < 4.78 is 0. The lowest BCUT2D eigenvalue weighted by atomic mass is 10.0. The van der Waals surface area contributed by atoms with E-state index in [0.29, 0.717) is 19.4 Å². The highest BCUT2D eigenvalue weighted by molar-refractivity contribution is 5.77. The second kappa shape index (κ2) is 37.1. The van der Waals surface area contributed by atoms with Crippen molar-refractivity contribution in [3.05, 3.63) is 0 Å². The minimum absolute atomic E-state index is 0.000819. The van der Waals surface area contributed by atoms with Gasteiger partial charge in [-0.15, -0.1) is 0 Å². The van der Waals surface area contributed by atoms with Crippen LogP contribution in [0.1, 0.15) is 226 Å². The molecule has 2 amide bonds. The van der Waals surface area contributed by atoms with Gasteiger partial charge in [-0.05, 0) is 32.1 Å². The number of carbonyl (C=O) groups excluding carboxylic acids is 2. The number of amides is 2. The van der Waals surface area contributed by atoms with Crippen LogP contribution in [0, 0.1) is 0 Å². The highest BCUT2D eigenvalue weighted by Gasteiger charge is 2.19. The molecule has 0 fully saturated rings. The molecule has 2 atom stereocenters. The largest absolute Gasteiger partial charge is 0.393 e. The molecule has 48 heavy (non-hydrogen) atoms. The molecule has 0 aromatic heterocycles. The highest BCUT2D eigenvalue weighted by atomic mass is 16.3. The molecule has 0 radical (unpaired) electrons. The second-order valence-corrected chi connectivity index (χ2v) is 14.9. The van der Waals surface area contributed by atoms with Crippen molar-refractivity contribution in [1.82, 2.24) is 10.2 Å². The van der Waals surface area contributed by atoms with E-state index in [1.165, 1.54) is 154 Å². The van der Waals surface area contributed by atoms with Crippen LogP contribution in [0.25, 0.3) is 0 Å². The molecule has 2 unspecified atom stereocenters. The molecule has 0 aliphatic heterocycles. The van der Waals surface area contributed by atoms with E-state index in [4.69, 9.17) is 0 Å². The Hall–Kier alpha value is -1.14. The molecule has 0 heterocycles. The average molecular weight is 681 g/mol. The van der Waals surface area contributed by atoms with Gasteiger partial charge in [0.2, 0.25) is 11.8 Å². The molecule has 0 aromatic rings. The summed E-state index contributed by atoms with van der Waals surface area (Å²) in [6, 6.07) is 0. The first-order valence-corrected chi connectivity index (χ1v) is 21.3. The van der Waals surface area contributed by atoms with Crippen LogP contribution in [-0.4, -0.2) is 58.8 Å². The fourth-order valence-electron chi connectivity index (χ4n) is 6.72.